The quantitative estimate of drug-likeness (QED) is 0.340. The van der Waals surface area contributed by atoms with Gasteiger partial charge in [-0.1, -0.05) is 36.4 Å². The first-order chi connectivity index (χ1) is 19.2. The van der Waals surface area contributed by atoms with Crippen molar-refractivity contribution in [2.24, 2.45) is 23.7 Å². The van der Waals surface area contributed by atoms with Crippen LogP contribution in [0.1, 0.15) is 55.2 Å². The Labute approximate surface area is 238 Å². The summed E-state index contributed by atoms with van der Waals surface area (Å²) >= 11 is 5.91. The lowest BCUT2D eigenvalue weighted by Gasteiger charge is -2.35. The topological polar surface area (TPSA) is 126 Å². The smallest absolute Gasteiger partial charge is 0.273 e. The van der Waals surface area contributed by atoms with Crippen molar-refractivity contribution in [2.75, 3.05) is 18.6 Å². The third kappa shape index (κ3) is 5.39. The minimum absolute atomic E-state index is 0.0199. The number of nitrogens with zero attached hydrogens (tertiary/aromatic N) is 6. The number of nitriles is 1. The fourth-order valence-corrected chi connectivity index (χ4v) is 5.76. The number of fused-ring (bicyclic) bond motifs is 1. The fraction of sp³-hybridized carbons (Fsp3) is 0.448. The molecular formula is C29H32ClN7O3. The molecule has 0 bridgehead atoms. The molecule has 208 valence electrons. The zero-order valence-corrected chi connectivity index (χ0v) is 23.5. The van der Waals surface area contributed by atoms with E-state index in [-0.39, 0.29) is 35.5 Å². The van der Waals surface area contributed by atoms with Crippen molar-refractivity contribution in [3.8, 4) is 11.8 Å². The summed E-state index contributed by atoms with van der Waals surface area (Å²) in [6.45, 7) is 8.32. The molecule has 3 heterocycles. The zero-order valence-electron chi connectivity index (χ0n) is 22.7. The molecule has 2 aromatic heterocycles. The summed E-state index contributed by atoms with van der Waals surface area (Å²) in [4.78, 5) is 31.8. The molecule has 10 nitrogen and oxygen atoms in total. The molecule has 0 spiro atoms. The number of halogens is 1. The highest BCUT2D eigenvalue weighted by molar-refractivity contribution is 6.31. The third-order valence-electron chi connectivity index (χ3n) is 8.34. The highest BCUT2D eigenvalue weighted by Crippen LogP contribution is 2.53. The van der Waals surface area contributed by atoms with Crippen molar-refractivity contribution in [3.63, 3.8) is 0 Å². The molecule has 0 aromatic carbocycles. The molecule has 2 amide bonds. The predicted octanol–water partition coefficient (Wildman–Crippen LogP) is 4.18. The number of hydrogen-bond donors (Lipinski definition) is 1. The summed E-state index contributed by atoms with van der Waals surface area (Å²) in [5.74, 6) is 2.32. The molecular weight excluding hydrogens is 530 g/mol. The Balaban J connectivity index is 1.17. The van der Waals surface area contributed by atoms with E-state index < -0.39 is 0 Å². The van der Waals surface area contributed by atoms with Crippen LogP contribution >= 0.6 is 11.6 Å². The third-order valence-corrected chi connectivity index (χ3v) is 8.62. The Hall–Kier alpha value is -3.97. The van der Waals surface area contributed by atoms with E-state index in [1.54, 1.807) is 47.3 Å². The van der Waals surface area contributed by atoms with Gasteiger partial charge in [-0.25, -0.2) is 9.67 Å². The lowest BCUT2D eigenvalue weighted by Crippen LogP contribution is -2.44. The van der Waals surface area contributed by atoms with Gasteiger partial charge in [-0.2, -0.15) is 5.26 Å². The number of anilines is 1. The number of piperidine rings is 1. The van der Waals surface area contributed by atoms with E-state index in [4.69, 9.17) is 16.3 Å². The molecule has 11 heteroatoms. The van der Waals surface area contributed by atoms with Crippen LogP contribution in [0.25, 0.3) is 0 Å². The number of methoxy groups -OCH3 is 1. The van der Waals surface area contributed by atoms with E-state index in [9.17, 15) is 14.9 Å². The summed E-state index contributed by atoms with van der Waals surface area (Å²) in [6, 6.07) is 3.71. The maximum absolute atomic E-state index is 12.8. The minimum atomic E-state index is -0.304. The number of rotatable bonds is 10. The SMILES string of the molecule is C=C/C(Cl)=C\C=C(\C#N)C[C@H]1C[C@@H](NC(=O)c2cn(C(C)c3cnc(N4CC5C(C4=O)[C@@H]5C)cc3OC)nn2)C1. The normalized spacial score (nSPS) is 26.4. The standard InChI is InChI=1S/C29H32ClN7O3/c1-5-20(30)7-6-18(12-31)8-19-9-21(10-19)33-28(38)24-15-37(35-34-24)17(3)22-13-32-26(11-25(22)40-4)36-14-23-16(2)27(23)29(36)39/h5-7,11,13,15-17,19,21,23,27H,1,8-10,14H2,2-4H3,(H,33,38)/b18-6+,20-7+/t16-,17?,19-,21+,23?,27?/m1/s1. The molecule has 2 aromatic rings. The molecule has 1 N–H and O–H groups in total. The average molecular weight is 562 g/mol. The van der Waals surface area contributed by atoms with E-state index >= 15 is 0 Å². The van der Waals surface area contributed by atoms with Crippen LogP contribution in [0.4, 0.5) is 5.82 Å². The maximum atomic E-state index is 12.8. The van der Waals surface area contributed by atoms with Gasteiger partial charge in [0.05, 0.1) is 25.4 Å². The maximum Gasteiger partial charge on any atom is 0.273 e. The van der Waals surface area contributed by atoms with Gasteiger partial charge in [0.25, 0.3) is 5.91 Å². The molecule has 3 unspecified atom stereocenters. The number of amides is 2. The second-order valence-corrected chi connectivity index (χ2v) is 11.2. The van der Waals surface area contributed by atoms with Crippen molar-refractivity contribution < 1.29 is 14.3 Å². The van der Waals surface area contributed by atoms with Crippen LogP contribution in [0, 0.1) is 35.0 Å². The Morgan fingerprint density at radius 2 is 2.17 bits per heavy atom. The van der Waals surface area contributed by atoms with Crippen LogP contribution in [0.2, 0.25) is 0 Å². The summed E-state index contributed by atoms with van der Waals surface area (Å²) in [5, 5.41) is 21.1. The summed E-state index contributed by atoms with van der Waals surface area (Å²) in [7, 11) is 1.58. The van der Waals surface area contributed by atoms with Gasteiger partial charge < -0.3 is 10.1 Å². The number of pyridine rings is 1. The van der Waals surface area contributed by atoms with Crippen molar-refractivity contribution in [1.29, 1.82) is 5.26 Å². The van der Waals surface area contributed by atoms with Crippen LogP contribution in [0.3, 0.4) is 0 Å². The fourth-order valence-electron chi connectivity index (χ4n) is 5.70. The average Bonchev–Trinajstić information content (AvgIpc) is 3.26. The summed E-state index contributed by atoms with van der Waals surface area (Å²) in [6.07, 6.45) is 10.4. The second kappa shape index (κ2) is 11.3. The van der Waals surface area contributed by atoms with Crippen LogP contribution in [-0.2, 0) is 4.79 Å². The molecule has 1 aliphatic heterocycles. The van der Waals surface area contributed by atoms with Gasteiger partial charge in [-0.05, 0) is 56.1 Å². The van der Waals surface area contributed by atoms with Crippen LogP contribution in [0.5, 0.6) is 5.75 Å². The van der Waals surface area contributed by atoms with Gasteiger partial charge in [-0.3, -0.25) is 14.5 Å². The van der Waals surface area contributed by atoms with Crippen molar-refractivity contribution in [2.45, 2.75) is 45.2 Å². The van der Waals surface area contributed by atoms with Crippen molar-refractivity contribution >= 4 is 29.2 Å². The summed E-state index contributed by atoms with van der Waals surface area (Å²) in [5.41, 5.74) is 1.63. The first-order valence-electron chi connectivity index (χ1n) is 13.4. The van der Waals surface area contributed by atoms with E-state index in [1.165, 1.54) is 6.08 Å². The van der Waals surface area contributed by atoms with Gasteiger partial charge in [0.15, 0.2) is 5.69 Å². The largest absolute Gasteiger partial charge is 0.496 e. The van der Waals surface area contributed by atoms with Gasteiger partial charge in [0.2, 0.25) is 5.91 Å². The lowest BCUT2D eigenvalue weighted by atomic mass is 9.76. The highest BCUT2D eigenvalue weighted by Gasteiger charge is 2.59. The molecule has 3 fully saturated rings. The number of carbonyl (C=O) groups excluding carboxylic acids is 2. The predicted molar refractivity (Wildman–Crippen MR) is 150 cm³/mol. The first-order valence-corrected chi connectivity index (χ1v) is 13.8. The first kappa shape index (κ1) is 27.6. The molecule has 2 saturated carbocycles. The zero-order chi connectivity index (χ0) is 28.6. The second-order valence-electron chi connectivity index (χ2n) is 10.8. The van der Waals surface area contributed by atoms with Crippen LogP contribution < -0.4 is 15.0 Å². The van der Waals surface area contributed by atoms with E-state index in [0.717, 1.165) is 18.4 Å². The number of hydrogen-bond acceptors (Lipinski definition) is 7. The number of ether oxygens (including phenoxy) is 1. The highest BCUT2D eigenvalue weighted by atomic mass is 35.5. The molecule has 3 aliphatic rings. The summed E-state index contributed by atoms with van der Waals surface area (Å²) < 4.78 is 7.23. The molecule has 1 saturated heterocycles. The number of carbonyl (C=O) groups is 2. The van der Waals surface area contributed by atoms with E-state index in [1.807, 2.05) is 6.92 Å². The molecule has 5 rings (SSSR count). The Bertz CT molecular complexity index is 1440. The minimum Gasteiger partial charge on any atom is -0.496 e. The molecule has 2 aliphatic carbocycles. The number of allylic oxidation sites excluding steroid dienone is 5. The van der Waals surface area contributed by atoms with E-state index in [2.05, 4.69) is 40.2 Å². The van der Waals surface area contributed by atoms with E-state index in [0.29, 0.717) is 52.9 Å². The number of nitrogens with one attached hydrogen (secondary N) is 1. The van der Waals surface area contributed by atoms with Gasteiger partial charge in [0.1, 0.15) is 11.6 Å². The lowest BCUT2D eigenvalue weighted by molar-refractivity contribution is -0.119. The van der Waals surface area contributed by atoms with Crippen molar-refractivity contribution in [1.82, 2.24) is 25.3 Å². The molecule has 4 atom stereocenters. The van der Waals surface area contributed by atoms with Gasteiger partial charge >= 0.3 is 0 Å². The molecule has 0 radical (unpaired) electrons. The van der Waals surface area contributed by atoms with Crippen LogP contribution in [-0.4, -0.2) is 51.5 Å². The van der Waals surface area contributed by atoms with Crippen molar-refractivity contribution in [3.05, 3.63) is 65.1 Å². The Morgan fingerprint density at radius 1 is 1.40 bits per heavy atom. The molecule has 40 heavy (non-hydrogen) atoms. The van der Waals surface area contributed by atoms with Gasteiger partial charge in [0, 0.05) is 46.9 Å². The monoisotopic (exact) mass is 561 g/mol. The Morgan fingerprint density at radius 3 is 2.83 bits per heavy atom. The van der Waals surface area contributed by atoms with Crippen LogP contribution in [0.15, 0.2) is 53.9 Å². The number of aromatic nitrogens is 4. The van der Waals surface area contributed by atoms with Gasteiger partial charge in [-0.15, -0.1) is 5.10 Å². The Kier molecular flexibility index (Phi) is 7.76.